The molecule has 0 aliphatic rings. The van der Waals surface area contributed by atoms with E-state index < -0.39 is 6.29 Å². The van der Waals surface area contributed by atoms with Gasteiger partial charge in [0.05, 0.1) is 25.6 Å². The Morgan fingerprint density at radius 2 is 1.94 bits per heavy atom. The standard InChI is InChI=1S/C21H26ClN5O4/c1-14(2)29-10-9-17(30-11-16-7-5-4-6-8-16)31-13-27-12-23-18-19(22)25-21(24-15(3)28)26-20(18)27/h4-8,12,14,17H,9-11,13H2,1-3H3,(H,24,25,26,28). The first-order valence-corrected chi connectivity index (χ1v) is 10.3. The molecule has 1 amide bonds. The highest BCUT2D eigenvalue weighted by Gasteiger charge is 2.15. The number of halogens is 1. The van der Waals surface area contributed by atoms with Crippen molar-refractivity contribution < 1.29 is 19.0 Å². The van der Waals surface area contributed by atoms with Crippen molar-refractivity contribution >= 4 is 34.6 Å². The van der Waals surface area contributed by atoms with Gasteiger partial charge in [-0.3, -0.25) is 14.7 Å². The zero-order valence-electron chi connectivity index (χ0n) is 17.7. The van der Waals surface area contributed by atoms with Crippen LogP contribution in [0.3, 0.4) is 0 Å². The van der Waals surface area contributed by atoms with Gasteiger partial charge in [-0.1, -0.05) is 41.9 Å². The van der Waals surface area contributed by atoms with E-state index in [0.717, 1.165) is 5.56 Å². The van der Waals surface area contributed by atoms with Crippen molar-refractivity contribution in [3.8, 4) is 0 Å². The van der Waals surface area contributed by atoms with Crippen molar-refractivity contribution in [2.24, 2.45) is 0 Å². The molecule has 0 aliphatic heterocycles. The SMILES string of the molecule is CC(=O)Nc1nc(Cl)c2ncn(COC(CCOC(C)C)OCc3ccccc3)c2n1. The first-order chi connectivity index (χ1) is 14.9. The summed E-state index contributed by atoms with van der Waals surface area (Å²) in [4.78, 5) is 23.9. The lowest BCUT2D eigenvalue weighted by atomic mass is 10.2. The highest BCUT2D eigenvalue weighted by molar-refractivity contribution is 6.33. The Labute approximate surface area is 185 Å². The Morgan fingerprint density at radius 3 is 2.65 bits per heavy atom. The number of nitrogens with one attached hydrogen (secondary N) is 1. The van der Waals surface area contributed by atoms with Gasteiger partial charge in [-0.05, 0) is 19.4 Å². The van der Waals surface area contributed by atoms with Crippen LogP contribution in [0.5, 0.6) is 0 Å². The number of hydrogen-bond acceptors (Lipinski definition) is 7. The van der Waals surface area contributed by atoms with Gasteiger partial charge < -0.3 is 14.2 Å². The van der Waals surface area contributed by atoms with Gasteiger partial charge in [-0.25, -0.2) is 4.98 Å². The van der Waals surface area contributed by atoms with Gasteiger partial charge in [-0.15, -0.1) is 0 Å². The van der Waals surface area contributed by atoms with Gasteiger partial charge in [0.25, 0.3) is 0 Å². The van der Waals surface area contributed by atoms with Gasteiger partial charge in [0.1, 0.15) is 12.2 Å². The van der Waals surface area contributed by atoms with Gasteiger partial charge in [0, 0.05) is 13.3 Å². The second-order valence-electron chi connectivity index (χ2n) is 7.14. The number of benzene rings is 1. The summed E-state index contributed by atoms with van der Waals surface area (Å²) in [6.45, 7) is 6.38. The van der Waals surface area contributed by atoms with E-state index in [1.807, 2.05) is 44.2 Å². The highest BCUT2D eigenvalue weighted by atomic mass is 35.5. The maximum atomic E-state index is 11.3. The van der Waals surface area contributed by atoms with Crippen LogP contribution in [0.4, 0.5) is 5.95 Å². The van der Waals surface area contributed by atoms with E-state index in [1.54, 1.807) is 10.9 Å². The average molecular weight is 448 g/mol. The molecule has 1 atom stereocenters. The molecular formula is C21H26ClN5O4. The maximum absolute atomic E-state index is 11.3. The predicted molar refractivity (Wildman–Crippen MR) is 116 cm³/mol. The Hall–Kier alpha value is -2.59. The first-order valence-electron chi connectivity index (χ1n) is 9.97. The van der Waals surface area contributed by atoms with Crippen LogP contribution in [-0.2, 0) is 32.3 Å². The monoisotopic (exact) mass is 447 g/mol. The van der Waals surface area contributed by atoms with Crippen LogP contribution in [-0.4, -0.2) is 44.4 Å². The molecule has 9 nitrogen and oxygen atoms in total. The molecule has 1 unspecified atom stereocenters. The molecule has 0 aliphatic carbocycles. The number of aromatic nitrogens is 4. The lowest BCUT2D eigenvalue weighted by Gasteiger charge is -2.20. The molecule has 0 bridgehead atoms. The van der Waals surface area contributed by atoms with E-state index in [1.165, 1.54) is 6.92 Å². The minimum absolute atomic E-state index is 0.106. The molecule has 3 rings (SSSR count). The Bertz CT molecular complexity index is 996. The fourth-order valence-corrected chi connectivity index (χ4v) is 2.97. The van der Waals surface area contributed by atoms with Crippen molar-refractivity contribution in [2.45, 2.75) is 52.9 Å². The van der Waals surface area contributed by atoms with Crippen LogP contribution >= 0.6 is 11.6 Å². The number of carbonyl (C=O) groups excluding carboxylic acids is 1. The number of amides is 1. The zero-order valence-corrected chi connectivity index (χ0v) is 18.5. The number of fused-ring (bicyclic) bond motifs is 1. The molecule has 10 heteroatoms. The predicted octanol–water partition coefficient (Wildman–Crippen LogP) is 3.77. The number of carbonyl (C=O) groups is 1. The zero-order chi connectivity index (χ0) is 22.2. The van der Waals surface area contributed by atoms with Crippen LogP contribution in [0.15, 0.2) is 36.7 Å². The molecule has 1 aromatic carbocycles. The van der Waals surface area contributed by atoms with Gasteiger partial charge >= 0.3 is 0 Å². The topological polar surface area (TPSA) is 100 Å². The second kappa shape index (κ2) is 11.1. The molecular weight excluding hydrogens is 422 g/mol. The third-order valence-electron chi connectivity index (χ3n) is 4.19. The molecule has 166 valence electrons. The average Bonchev–Trinajstić information content (AvgIpc) is 3.13. The van der Waals surface area contributed by atoms with Crippen LogP contribution in [0.25, 0.3) is 11.2 Å². The summed E-state index contributed by atoms with van der Waals surface area (Å²) in [5, 5.41) is 2.68. The van der Waals surface area contributed by atoms with Crippen LogP contribution < -0.4 is 5.32 Å². The summed E-state index contributed by atoms with van der Waals surface area (Å²) in [6.07, 6.45) is 1.74. The second-order valence-corrected chi connectivity index (χ2v) is 7.49. The van der Waals surface area contributed by atoms with Crippen LogP contribution in [0.2, 0.25) is 5.15 Å². The molecule has 0 saturated carbocycles. The molecule has 31 heavy (non-hydrogen) atoms. The Kier molecular flexibility index (Phi) is 8.30. The van der Waals surface area contributed by atoms with E-state index in [2.05, 4.69) is 20.3 Å². The third kappa shape index (κ3) is 6.96. The maximum Gasteiger partial charge on any atom is 0.232 e. The van der Waals surface area contributed by atoms with E-state index >= 15 is 0 Å². The van der Waals surface area contributed by atoms with Crippen molar-refractivity contribution in [1.82, 2.24) is 19.5 Å². The van der Waals surface area contributed by atoms with Crippen LogP contribution in [0.1, 0.15) is 32.8 Å². The molecule has 1 N–H and O–H groups in total. The summed E-state index contributed by atoms with van der Waals surface area (Å²) in [6, 6.07) is 9.87. The molecule has 0 saturated heterocycles. The molecule has 2 heterocycles. The Morgan fingerprint density at radius 1 is 1.16 bits per heavy atom. The fraction of sp³-hybridized carbons (Fsp3) is 0.429. The number of ether oxygens (including phenoxy) is 3. The van der Waals surface area contributed by atoms with E-state index in [-0.39, 0.29) is 29.8 Å². The highest BCUT2D eigenvalue weighted by Crippen LogP contribution is 2.21. The summed E-state index contributed by atoms with van der Waals surface area (Å²) < 4.78 is 19.3. The molecule has 0 radical (unpaired) electrons. The lowest BCUT2D eigenvalue weighted by Crippen LogP contribution is -2.22. The third-order valence-corrected chi connectivity index (χ3v) is 4.46. The minimum Gasteiger partial charge on any atom is -0.379 e. The number of rotatable bonds is 11. The van der Waals surface area contributed by atoms with Crippen molar-refractivity contribution in [1.29, 1.82) is 0 Å². The van der Waals surface area contributed by atoms with Gasteiger partial charge in [-0.2, -0.15) is 9.97 Å². The number of imidazole rings is 1. The summed E-state index contributed by atoms with van der Waals surface area (Å²) in [7, 11) is 0. The van der Waals surface area contributed by atoms with Crippen molar-refractivity contribution in [3.05, 3.63) is 47.4 Å². The number of hydrogen-bond donors (Lipinski definition) is 1. The Balaban J connectivity index is 1.69. The molecule has 0 spiro atoms. The molecule has 0 fully saturated rings. The summed E-state index contributed by atoms with van der Waals surface area (Å²) in [5.74, 6) is -0.189. The first kappa shape index (κ1) is 23.1. The smallest absolute Gasteiger partial charge is 0.232 e. The van der Waals surface area contributed by atoms with Crippen molar-refractivity contribution in [3.63, 3.8) is 0 Å². The molecule has 2 aromatic heterocycles. The largest absolute Gasteiger partial charge is 0.379 e. The van der Waals surface area contributed by atoms with Gasteiger partial charge in [0.15, 0.2) is 17.1 Å². The lowest BCUT2D eigenvalue weighted by molar-refractivity contribution is -0.178. The van der Waals surface area contributed by atoms with E-state index in [0.29, 0.717) is 30.8 Å². The quantitative estimate of drug-likeness (QED) is 0.352. The van der Waals surface area contributed by atoms with E-state index in [4.69, 9.17) is 25.8 Å². The van der Waals surface area contributed by atoms with Crippen molar-refractivity contribution in [2.75, 3.05) is 11.9 Å². The van der Waals surface area contributed by atoms with Gasteiger partial charge in [0.2, 0.25) is 11.9 Å². The fourth-order valence-electron chi connectivity index (χ4n) is 2.76. The molecule has 3 aromatic rings. The normalized spacial score (nSPS) is 12.4. The number of anilines is 1. The summed E-state index contributed by atoms with van der Waals surface area (Å²) >= 11 is 6.18. The number of nitrogens with zero attached hydrogens (tertiary/aromatic N) is 4. The van der Waals surface area contributed by atoms with E-state index in [9.17, 15) is 4.79 Å². The van der Waals surface area contributed by atoms with Crippen LogP contribution in [0, 0.1) is 0 Å². The minimum atomic E-state index is -0.497. The summed E-state index contributed by atoms with van der Waals surface area (Å²) in [5.41, 5.74) is 1.92.